The van der Waals surface area contributed by atoms with Crippen LogP contribution in [0.4, 0.5) is 0 Å². The maximum atomic E-state index is 11.2. The van der Waals surface area contributed by atoms with Crippen molar-refractivity contribution in [3.05, 3.63) is 17.3 Å². The number of nitrogens with one attached hydrogen (secondary N) is 1. The quantitative estimate of drug-likeness (QED) is 0.661. The molecule has 0 saturated heterocycles. The fourth-order valence-corrected chi connectivity index (χ4v) is 1.26. The van der Waals surface area contributed by atoms with E-state index in [4.69, 9.17) is 4.42 Å². The number of hydrogen-bond acceptors (Lipinski definition) is 4. The molecule has 64 valence electrons. The van der Waals surface area contributed by atoms with Crippen LogP contribution in [-0.4, -0.2) is 17.3 Å². The Kier molecular flexibility index (Phi) is 1.69. The van der Waals surface area contributed by atoms with Gasteiger partial charge in [-0.3, -0.25) is 4.79 Å². The van der Waals surface area contributed by atoms with E-state index in [9.17, 15) is 4.79 Å². The topological polar surface area (TPSA) is 55.1 Å². The predicted molar refractivity (Wildman–Crippen MR) is 41.9 cm³/mol. The minimum absolute atomic E-state index is 0.00319. The molecule has 0 unspecified atom stereocenters. The molecule has 2 heterocycles. The second-order valence-corrected chi connectivity index (χ2v) is 2.76. The van der Waals surface area contributed by atoms with Gasteiger partial charge in [-0.25, -0.2) is 4.98 Å². The van der Waals surface area contributed by atoms with Crippen molar-refractivity contribution < 1.29 is 9.21 Å². The minimum Gasteiger partial charge on any atom is -0.437 e. The number of oxazole rings is 1. The number of Topliss-reactive ketones (excluding diaryl/α,β-unsaturated/α-hetero) is 1. The Morgan fingerprint density at radius 2 is 2.42 bits per heavy atom. The first-order chi connectivity index (χ1) is 5.81. The van der Waals surface area contributed by atoms with Crippen molar-refractivity contribution in [1.82, 2.24) is 10.3 Å². The van der Waals surface area contributed by atoms with Crippen LogP contribution in [-0.2, 0) is 13.0 Å². The molecule has 0 atom stereocenters. The Bertz CT molecular complexity index is 317. The third-order valence-corrected chi connectivity index (χ3v) is 1.88. The molecule has 1 aromatic rings. The van der Waals surface area contributed by atoms with E-state index in [2.05, 4.69) is 10.3 Å². The predicted octanol–water partition coefficient (Wildman–Crippen LogP) is 0.523. The number of fused-ring (bicyclic) bond motifs is 1. The van der Waals surface area contributed by atoms with Crippen LogP contribution in [0.15, 0.2) is 4.42 Å². The van der Waals surface area contributed by atoms with Crippen molar-refractivity contribution in [2.45, 2.75) is 19.9 Å². The van der Waals surface area contributed by atoms with Gasteiger partial charge in [0.15, 0.2) is 11.7 Å². The first kappa shape index (κ1) is 7.49. The van der Waals surface area contributed by atoms with Crippen molar-refractivity contribution in [3.63, 3.8) is 0 Å². The first-order valence-electron chi connectivity index (χ1n) is 4.03. The lowest BCUT2D eigenvalue weighted by Gasteiger charge is -2.07. The molecule has 2 rings (SSSR count). The summed E-state index contributed by atoms with van der Waals surface area (Å²) >= 11 is 0. The second kappa shape index (κ2) is 2.71. The molecule has 0 spiro atoms. The van der Waals surface area contributed by atoms with Crippen LogP contribution in [0.25, 0.3) is 0 Å². The number of carbonyl (C=O) groups is 1. The molecule has 1 aromatic heterocycles. The van der Waals surface area contributed by atoms with Crippen LogP contribution in [0.2, 0.25) is 0 Å². The first-order valence-corrected chi connectivity index (χ1v) is 4.03. The monoisotopic (exact) mass is 166 g/mol. The Morgan fingerprint density at radius 3 is 3.08 bits per heavy atom. The van der Waals surface area contributed by atoms with E-state index in [1.807, 2.05) is 6.92 Å². The molecular weight excluding hydrogens is 156 g/mol. The van der Waals surface area contributed by atoms with Gasteiger partial charge in [0, 0.05) is 13.0 Å². The van der Waals surface area contributed by atoms with Crippen LogP contribution >= 0.6 is 0 Å². The molecule has 0 amide bonds. The molecule has 1 aliphatic heterocycles. The van der Waals surface area contributed by atoms with Crippen LogP contribution in [0.5, 0.6) is 0 Å². The summed E-state index contributed by atoms with van der Waals surface area (Å²) < 4.78 is 5.27. The van der Waals surface area contributed by atoms with E-state index in [1.54, 1.807) is 0 Å². The zero-order chi connectivity index (χ0) is 8.55. The highest BCUT2D eigenvalue weighted by molar-refractivity contribution is 5.96. The maximum Gasteiger partial charge on any atom is 0.213 e. The van der Waals surface area contributed by atoms with Gasteiger partial charge in [-0.15, -0.1) is 0 Å². The molecule has 4 heteroatoms. The van der Waals surface area contributed by atoms with Crippen LogP contribution < -0.4 is 5.32 Å². The smallest absolute Gasteiger partial charge is 0.213 e. The summed E-state index contributed by atoms with van der Waals surface area (Å²) in [5.74, 6) is 1.10. The lowest BCUT2D eigenvalue weighted by Crippen LogP contribution is -2.29. The van der Waals surface area contributed by atoms with E-state index in [0.717, 1.165) is 12.1 Å². The summed E-state index contributed by atoms with van der Waals surface area (Å²) in [5.41, 5.74) is 0.753. The molecular formula is C8H10N2O2. The number of hydrogen-bond donors (Lipinski definition) is 1. The Labute approximate surface area is 70.0 Å². The SMILES string of the molecule is CCc1nc2c(o1)C(=O)CNC2. The molecule has 1 aliphatic rings. The minimum atomic E-state index is 0.00319. The van der Waals surface area contributed by atoms with Gasteiger partial charge >= 0.3 is 0 Å². The molecule has 0 aromatic carbocycles. The fraction of sp³-hybridized carbons (Fsp3) is 0.500. The number of aromatic nitrogens is 1. The van der Waals surface area contributed by atoms with Crippen molar-refractivity contribution in [3.8, 4) is 0 Å². The number of nitrogens with zero attached hydrogens (tertiary/aromatic N) is 1. The molecule has 0 radical (unpaired) electrons. The van der Waals surface area contributed by atoms with Crippen LogP contribution in [0.1, 0.15) is 29.1 Å². The lowest BCUT2D eigenvalue weighted by atomic mass is 10.2. The highest BCUT2D eigenvalue weighted by Gasteiger charge is 2.22. The standard InChI is InChI=1S/C8H10N2O2/c1-2-7-10-5-3-9-4-6(11)8(5)12-7/h9H,2-4H2,1H3. The number of aryl methyl sites for hydroxylation is 1. The Hall–Kier alpha value is -1.16. The molecule has 0 saturated carbocycles. The third kappa shape index (κ3) is 1.04. The number of ketones is 1. The van der Waals surface area contributed by atoms with E-state index >= 15 is 0 Å². The van der Waals surface area contributed by atoms with Crippen LogP contribution in [0.3, 0.4) is 0 Å². The molecule has 1 N–H and O–H groups in total. The van der Waals surface area contributed by atoms with Crippen molar-refractivity contribution in [2.24, 2.45) is 0 Å². The highest BCUT2D eigenvalue weighted by atomic mass is 16.4. The largest absolute Gasteiger partial charge is 0.437 e. The van der Waals surface area contributed by atoms with E-state index < -0.39 is 0 Å². The number of rotatable bonds is 1. The van der Waals surface area contributed by atoms with E-state index in [1.165, 1.54) is 0 Å². The summed E-state index contributed by atoms with van der Waals surface area (Å²) in [6.45, 7) is 2.96. The molecule has 0 fully saturated rings. The van der Waals surface area contributed by atoms with Crippen molar-refractivity contribution in [2.75, 3.05) is 6.54 Å². The normalized spacial score (nSPS) is 16.2. The Morgan fingerprint density at radius 1 is 1.58 bits per heavy atom. The summed E-state index contributed by atoms with van der Waals surface area (Å²) in [7, 11) is 0. The van der Waals surface area contributed by atoms with Gasteiger partial charge in [-0.05, 0) is 0 Å². The van der Waals surface area contributed by atoms with Gasteiger partial charge in [-0.2, -0.15) is 0 Å². The van der Waals surface area contributed by atoms with Gasteiger partial charge in [-0.1, -0.05) is 6.92 Å². The zero-order valence-electron chi connectivity index (χ0n) is 6.89. The van der Waals surface area contributed by atoms with Gasteiger partial charge < -0.3 is 9.73 Å². The highest BCUT2D eigenvalue weighted by Crippen LogP contribution is 2.14. The van der Waals surface area contributed by atoms with Gasteiger partial charge in [0.1, 0.15) is 5.69 Å². The zero-order valence-corrected chi connectivity index (χ0v) is 6.89. The van der Waals surface area contributed by atoms with Gasteiger partial charge in [0.05, 0.1) is 6.54 Å². The lowest BCUT2D eigenvalue weighted by molar-refractivity contribution is 0.0952. The number of carbonyl (C=O) groups excluding carboxylic acids is 1. The third-order valence-electron chi connectivity index (χ3n) is 1.88. The van der Waals surface area contributed by atoms with Gasteiger partial charge in [0.25, 0.3) is 0 Å². The fourth-order valence-electron chi connectivity index (χ4n) is 1.26. The average Bonchev–Trinajstić information content (AvgIpc) is 2.49. The van der Waals surface area contributed by atoms with Crippen molar-refractivity contribution >= 4 is 5.78 Å². The molecule has 12 heavy (non-hydrogen) atoms. The van der Waals surface area contributed by atoms with Crippen molar-refractivity contribution in [1.29, 1.82) is 0 Å². The second-order valence-electron chi connectivity index (χ2n) is 2.76. The summed E-state index contributed by atoms with van der Waals surface area (Å²) in [5, 5.41) is 2.96. The molecule has 0 aliphatic carbocycles. The van der Waals surface area contributed by atoms with E-state index in [0.29, 0.717) is 24.7 Å². The summed E-state index contributed by atoms with van der Waals surface area (Å²) in [4.78, 5) is 15.4. The summed E-state index contributed by atoms with van der Waals surface area (Å²) in [6, 6.07) is 0. The van der Waals surface area contributed by atoms with Crippen LogP contribution in [0, 0.1) is 0 Å². The van der Waals surface area contributed by atoms with E-state index in [-0.39, 0.29) is 5.78 Å². The summed E-state index contributed by atoms with van der Waals surface area (Å²) in [6.07, 6.45) is 0.736. The van der Waals surface area contributed by atoms with Gasteiger partial charge in [0.2, 0.25) is 5.78 Å². The molecule has 0 bridgehead atoms. The molecule has 4 nitrogen and oxygen atoms in total. The average molecular weight is 166 g/mol. The Balaban J connectivity index is 2.43. The maximum absolute atomic E-state index is 11.2.